The highest BCUT2D eigenvalue weighted by Gasteiger charge is 2.44. The van der Waals surface area contributed by atoms with Gasteiger partial charge in [0, 0.05) is 24.3 Å². The Morgan fingerprint density at radius 3 is 2.70 bits per heavy atom. The van der Waals surface area contributed by atoms with E-state index in [0.717, 1.165) is 41.7 Å². The highest BCUT2D eigenvalue weighted by Crippen LogP contribution is 2.52. The van der Waals surface area contributed by atoms with Gasteiger partial charge in [0.1, 0.15) is 18.5 Å². The van der Waals surface area contributed by atoms with Gasteiger partial charge in [-0.1, -0.05) is 67.1 Å². The number of ether oxygens (including phenoxy) is 3. The molecule has 1 fully saturated rings. The fourth-order valence-electron chi connectivity index (χ4n) is 5.91. The summed E-state index contributed by atoms with van der Waals surface area (Å²) in [7, 11) is 0. The SMILES string of the molecule is CC#CCC(C)C(O)/C=C/C1CCC2Oc3c(CCCC(=O)OCCCCOC=O)cccc3C12.Cc1cccc(CO[N+](=O)[O-])c1. The number of aliphatic hydroxyl groups excluding tert-OH is 1. The Hall–Kier alpha value is -4.36. The standard InChI is InChI=1S/C29H38O6.C8H9NO3/c1-3-4-9-21(2)25(31)16-14-22-15-17-26-28(22)24-12-7-10-23(29(24)35-26)11-8-13-27(32)34-19-6-5-18-33-20-30;1-7-3-2-4-8(5-7)6-12-9(10)11/h7,10,12,14,16,20-22,25-26,28,31H,5-6,8-9,11,13,15,17-19H2,1-2H3;2-5H,6H2,1H3/b16-14+;. The van der Waals surface area contributed by atoms with E-state index in [1.807, 2.05) is 45.0 Å². The van der Waals surface area contributed by atoms with Crippen LogP contribution < -0.4 is 4.74 Å². The average molecular weight is 650 g/mol. The lowest BCUT2D eigenvalue weighted by molar-refractivity contribution is -0.763. The summed E-state index contributed by atoms with van der Waals surface area (Å²) < 4.78 is 16.3. The molecule has 1 aliphatic heterocycles. The summed E-state index contributed by atoms with van der Waals surface area (Å²) in [5, 5.41) is 19.5. The number of nitrogens with zero attached hydrogens (tertiary/aromatic N) is 1. The van der Waals surface area contributed by atoms with Crippen molar-refractivity contribution in [2.45, 2.75) is 96.9 Å². The van der Waals surface area contributed by atoms with Crippen LogP contribution in [0.4, 0.5) is 0 Å². The van der Waals surface area contributed by atoms with E-state index < -0.39 is 11.2 Å². The number of aliphatic hydroxyl groups is 1. The second-order valence-electron chi connectivity index (χ2n) is 12.0. The Balaban J connectivity index is 0.000000420. The third kappa shape index (κ3) is 12.4. The van der Waals surface area contributed by atoms with Crippen LogP contribution >= 0.6 is 0 Å². The van der Waals surface area contributed by atoms with E-state index >= 15 is 0 Å². The van der Waals surface area contributed by atoms with Gasteiger partial charge in [-0.3, -0.25) is 9.59 Å². The molecule has 10 nitrogen and oxygen atoms in total. The van der Waals surface area contributed by atoms with Crippen LogP contribution in [-0.4, -0.2) is 48.1 Å². The first-order valence-electron chi connectivity index (χ1n) is 16.3. The molecule has 254 valence electrons. The van der Waals surface area contributed by atoms with Gasteiger partial charge >= 0.3 is 5.97 Å². The van der Waals surface area contributed by atoms with Gasteiger partial charge in [-0.15, -0.1) is 22.0 Å². The van der Waals surface area contributed by atoms with E-state index in [9.17, 15) is 24.8 Å². The van der Waals surface area contributed by atoms with Gasteiger partial charge in [-0.05, 0) is 75.3 Å². The fraction of sp³-hybridized carbons (Fsp3) is 0.514. The highest BCUT2D eigenvalue weighted by atomic mass is 16.9. The lowest BCUT2D eigenvalue weighted by Crippen LogP contribution is -2.17. The molecule has 5 unspecified atom stereocenters. The van der Waals surface area contributed by atoms with Crippen molar-refractivity contribution in [3.63, 3.8) is 0 Å². The summed E-state index contributed by atoms with van der Waals surface area (Å²) >= 11 is 0. The van der Waals surface area contributed by atoms with Crippen molar-refractivity contribution in [1.29, 1.82) is 0 Å². The maximum absolute atomic E-state index is 12.0. The number of hydrogen-bond donors (Lipinski definition) is 1. The molecule has 0 spiro atoms. The van der Waals surface area contributed by atoms with E-state index in [4.69, 9.17) is 9.47 Å². The summed E-state index contributed by atoms with van der Waals surface area (Å²) in [5.41, 5.74) is 4.27. The number of fused-ring (bicyclic) bond motifs is 3. The summed E-state index contributed by atoms with van der Waals surface area (Å²) in [6, 6.07) is 13.7. The van der Waals surface area contributed by atoms with Crippen LogP contribution in [0.15, 0.2) is 54.6 Å². The van der Waals surface area contributed by atoms with Gasteiger partial charge in [-0.25, -0.2) is 0 Å². The number of carbonyl (C=O) groups excluding carboxylic acids is 2. The number of aryl methyl sites for hydroxylation is 2. The summed E-state index contributed by atoms with van der Waals surface area (Å²) in [6.07, 6.45) is 9.75. The van der Waals surface area contributed by atoms with Crippen molar-refractivity contribution in [2.24, 2.45) is 11.8 Å². The molecule has 0 saturated heterocycles. The molecule has 4 rings (SSSR count). The Labute approximate surface area is 277 Å². The van der Waals surface area contributed by atoms with Crippen LogP contribution in [0, 0.1) is 40.7 Å². The van der Waals surface area contributed by atoms with Crippen LogP contribution in [0.2, 0.25) is 0 Å². The molecule has 2 aromatic rings. The maximum atomic E-state index is 12.0. The first-order valence-corrected chi connectivity index (χ1v) is 16.3. The molecule has 1 saturated carbocycles. The first-order chi connectivity index (χ1) is 22.7. The first kappa shape index (κ1) is 37.1. The minimum Gasteiger partial charge on any atom is -0.489 e. The van der Waals surface area contributed by atoms with Crippen molar-refractivity contribution in [1.82, 2.24) is 0 Å². The zero-order chi connectivity index (χ0) is 34.0. The quantitative estimate of drug-likeness (QED) is 0.0391. The number of benzene rings is 2. The summed E-state index contributed by atoms with van der Waals surface area (Å²) in [6.45, 7) is 6.93. The van der Waals surface area contributed by atoms with Crippen LogP contribution in [0.1, 0.15) is 87.0 Å². The topological polar surface area (TPSA) is 134 Å². The number of carbonyl (C=O) groups is 2. The second kappa shape index (κ2) is 20.0. The molecule has 10 heteroatoms. The van der Waals surface area contributed by atoms with Crippen molar-refractivity contribution in [2.75, 3.05) is 13.2 Å². The number of esters is 1. The van der Waals surface area contributed by atoms with Crippen molar-refractivity contribution < 1.29 is 38.8 Å². The lowest BCUT2D eigenvalue weighted by atomic mass is 9.86. The molecule has 2 aliphatic rings. The highest BCUT2D eigenvalue weighted by molar-refractivity contribution is 5.69. The molecule has 1 aliphatic carbocycles. The third-order valence-corrected chi connectivity index (χ3v) is 8.37. The van der Waals surface area contributed by atoms with Crippen LogP contribution in [0.5, 0.6) is 5.75 Å². The van der Waals surface area contributed by atoms with E-state index in [-0.39, 0.29) is 24.6 Å². The van der Waals surface area contributed by atoms with Crippen LogP contribution in [0.3, 0.4) is 0 Å². The molecule has 2 aromatic carbocycles. The molecule has 1 heterocycles. The minimum atomic E-state index is -0.789. The minimum absolute atomic E-state index is 0.0225. The molecule has 0 amide bonds. The normalized spacial score (nSPS) is 18.7. The number of unbranched alkanes of at least 4 members (excludes halogenated alkanes) is 1. The largest absolute Gasteiger partial charge is 0.489 e. The summed E-state index contributed by atoms with van der Waals surface area (Å²) in [5.74, 6) is 7.50. The Morgan fingerprint density at radius 1 is 1.17 bits per heavy atom. The number of rotatable bonds is 17. The number of hydrogen-bond acceptors (Lipinski definition) is 9. The molecular formula is C37H47NO9. The van der Waals surface area contributed by atoms with Gasteiger partial charge in [0.2, 0.25) is 0 Å². The Bertz CT molecular complexity index is 1400. The fourth-order valence-corrected chi connectivity index (χ4v) is 5.91. The average Bonchev–Trinajstić information content (AvgIpc) is 3.63. The maximum Gasteiger partial charge on any atom is 0.305 e. The number of para-hydroxylation sites is 1. The molecule has 0 radical (unpaired) electrons. The lowest BCUT2D eigenvalue weighted by Gasteiger charge is -2.17. The van der Waals surface area contributed by atoms with E-state index in [2.05, 4.69) is 45.7 Å². The van der Waals surface area contributed by atoms with Crippen LogP contribution in [0.25, 0.3) is 0 Å². The molecule has 0 bridgehead atoms. The Kier molecular flexibility index (Phi) is 15.8. The van der Waals surface area contributed by atoms with Gasteiger partial charge in [0.25, 0.3) is 11.6 Å². The summed E-state index contributed by atoms with van der Waals surface area (Å²) in [4.78, 5) is 36.2. The predicted octanol–water partition coefficient (Wildman–Crippen LogP) is 6.43. The predicted molar refractivity (Wildman–Crippen MR) is 177 cm³/mol. The van der Waals surface area contributed by atoms with E-state index in [1.165, 1.54) is 5.56 Å². The van der Waals surface area contributed by atoms with Gasteiger partial charge in [0.15, 0.2) is 0 Å². The smallest absolute Gasteiger partial charge is 0.305 e. The van der Waals surface area contributed by atoms with Crippen molar-refractivity contribution in [3.05, 3.63) is 87.0 Å². The van der Waals surface area contributed by atoms with Crippen molar-refractivity contribution in [3.8, 4) is 17.6 Å². The van der Waals surface area contributed by atoms with Gasteiger partial charge < -0.3 is 24.2 Å². The molecule has 5 atom stereocenters. The second-order valence-corrected chi connectivity index (χ2v) is 12.0. The third-order valence-electron chi connectivity index (χ3n) is 8.37. The van der Waals surface area contributed by atoms with Crippen LogP contribution in [-0.2, 0) is 36.9 Å². The Morgan fingerprint density at radius 2 is 1.96 bits per heavy atom. The monoisotopic (exact) mass is 649 g/mol. The molecule has 47 heavy (non-hydrogen) atoms. The van der Waals surface area contributed by atoms with E-state index in [0.29, 0.717) is 63.6 Å². The molecular weight excluding hydrogens is 602 g/mol. The van der Waals surface area contributed by atoms with Crippen molar-refractivity contribution >= 4 is 12.4 Å². The number of allylic oxidation sites excluding steroid dienone is 1. The molecule has 1 N–H and O–H groups in total. The van der Waals surface area contributed by atoms with Gasteiger partial charge in [-0.2, -0.15) is 0 Å². The van der Waals surface area contributed by atoms with E-state index in [1.54, 1.807) is 6.07 Å². The van der Waals surface area contributed by atoms with Gasteiger partial charge in [0.05, 0.1) is 19.3 Å². The molecule has 0 aromatic heterocycles. The zero-order valence-corrected chi connectivity index (χ0v) is 27.6. The zero-order valence-electron chi connectivity index (χ0n) is 27.6.